The first-order chi connectivity index (χ1) is 14.5. The van der Waals surface area contributed by atoms with Crippen molar-refractivity contribution in [3.8, 4) is 0 Å². The monoisotopic (exact) mass is 612 g/mol. The molecular weight excluding hydrogens is 588 g/mol. The molecule has 1 rings (SSSR count). The van der Waals surface area contributed by atoms with Crippen LogP contribution in [0.2, 0.25) is 0 Å². The lowest BCUT2D eigenvalue weighted by Gasteiger charge is -2.12. The van der Waals surface area contributed by atoms with Crippen LogP contribution in [0.25, 0.3) is 0 Å². The van der Waals surface area contributed by atoms with Gasteiger partial charge < -0.3 is 14.2 Å². The Hall–Kier alpha value is -0.930. The molecule has 0 unspecified atom stereocenters. The fourth-order valence-electron chi connectivity index (χ4n) is 2.34. The summed E-state index contributed by atoms with van der Waals surface area (Å²) in [5.74, 6) is -1.82. The molecule has 0 spiro atoms. The zero-order valence-corrected chi connectivity index (χ0v) is 21.6. The van der Waals surface area contributed by atoms with Crippen molar-refractivity contribution < 1.29 is 28.6 Å². The molecule has 30 heavy (non-hydrogen) atoms. The van der Waals surface area contributed by atoms with Crippen LogP contribution in [-0.2, 0) is 14.2 Å². The lowest BCUT2D eigenvalue weighted by Crippen LogP contribution is -2.17. The molecule has 0 aliphatic heterocycles. The van der Waals surface area contributed by atoms with Crippen LogP contribution >= 0.6 is 47.8 Å². The molecule has 0 amide bonds. The Kier molecular flexibility index (Phi) is 15.1. The van der Waals surface area contributed by atoms with Gasteiger partial charge in [-0.15, -0.1) is 0 Å². The topological polar surface area (TPSA) is 78.9 Å². The average Bonchev–Trinajstić information content (AvgIpc) is 2.76. The van der Waals surface area contributed by atoms with Crippen LogP contribution in [0.5, 0.6) is 0 Å². The Balaban J connectivity index is 2.92. The van der Waals surface area contributed by atoms with E-state index in [0.717, 1.165) is 41.7 Å². The van der Waals surface area contributed by atoms with Gasteiger partial charge in [0.2, 0.25) is 0 Å². The second-order valence-electron chi connectivity index (χ2n) is 6.36. The molecule has 1 aromatic carbocycles. The molecule has 168 valence electrons. The predicted octanol–water partition coefficient (Wildman–Crippen LogP) is 5.68. The first-order valence-electron chi connectivity index (χ1n) is 9.88. The second kappa shape index (κ2) is 16.7. The standard InChI is InChI=1S/C21H27Br3O6/c22-9-1-4-12-28-19(25)16-7-8-17(20(26)29-13-5-2-10-23)18(15-16)21(27)30-14-6-3-11-24/h7-8,15H,1-6,9-14H2. The minimum absolute atomic E-state index is 0.00856. The van der Waals surface area contributed by atoms with Crippen molar-refractivity contribution in [1.29, 1.82) is 0 Å². The number of rotatable bonds is 15. The zero-order valence-electron chi connectivity index (χ0n) is 16.8. The van der Waals surface area contributed by atoms with Crippen molar-refractivity contribution in [3.63, 3.8) is 0 Å². The van der Waals surface area contributed by atoms with Crippen molar-refractivity contribution in [2.24, 2.45) is 0 Å². The van der Waals surface area contributed by atoms with Gasteiger partial charge in [-0.2, -0.15) is 0 Å². The zero-order chi connectivity index (χ0) is 22.2. The van der Waals surface area contributed by atoms with Crippen molar-refractivity contribution in [2.75, 3.05) is 35.8 Å². The second-order valence-corrected chi connectivity index (χ2v) is 8.74. The summed E-state index contributed by atoms with van der Waals surface area (Å²) in [4.78, 5) is 37.3. The van der Waals surface area contributed by atoms with E-state index >= 15 is 0 Å². The predicted molar refractivity (Wildman–Crippen MR) is 126 cm³/mol. The number of carbonyl (C=O) groups excluding carboxylic acids is 3. The Morgan fingerprint density at radius 3 is 1.50 bits per heavy atom. The number of hydrogen-bond donors (Lipinski definition) is 0. The number of carbonyl (C=O) groups is 3. The van der Waals surface area contributed by atoms with E-state index in [1.54, 1.807) is 0 Å². The Morgan fingerprint density at radius 2 is 1.03 bits per heavy atom. The SMILES string of the molecule is O=C(OCCCCBr)c1ccc(C(=O)OCCCCBr)c(C(=O)OCCCCBr)c1. The van der Waals surface area contributed by atoms with Gasteiger partial charge in [0.15, 0.2) is 0 Å². The number of unbranched alkanes of at least 4 members (excludes halogenated alkanes) is 3. The summed E-state index contributed by atoms with van der Waals surface area (Å²) >= 11 is 9.97. The van der Waals surface area contributed by atoms with Crippen LogP contribution in [0.1, 0.15) is 69.6 Å². The van der Waals surface area contributed by atoms with E-state index in [1.807, 2.05) is 0 Å². The lowest BCUT2D eigenvalue weighted by molar-refractivity contribution is 0.0450. The number of halogens is 3. The fraction of sp³-hybridized carbons (Fsp3) is 0.571. The maximum absolute atomic E-state index is 12.6. The summed E-state index contributed by atoms with van der Waals surface area (Å²) in [5.41, 5.74) is 0.279. The first-order valence-corrected chi connectivity index (χ1v) is 13.2. The summed E-state index contributed by atoms with van der Waals surface area (Å²) in [6.07, 6.45) is 4.75. The van der Waals surface area contributed by atoms with Crippen LogP contribution < -0.4 is 0 Å². The van der Waals surface area contributed by atoms with Crippen LogP contribution in [0.15, 0.2) is 18.2 Å². The van der Waals surface area contributed by atoms with Gasteiger partial charge in [-0.3, -0.25) is 0 Å². The molecular formula is C21H27Br3O6. The summed E-state index contributed by atoms with van der Waals surface area (Å²) in [7, 11) is 0. The molecule has 0 atom stereocenters. The van der Waals surface area contributed by atoms with Gasteiger partial charge in [0, 0.05) is 16.0 Å². The molecule has 6 nitrogen and oxygen atoms in total. The minimum atomic E-state index is -0.661. The first kappa shape index (κ1) is 27.1. The summed E-state index contributed by atoms with van der Waals surface area (Å²) in [6, 6.07) is 4.22. The maximum atomic E-state index is 12.6. The third-order valence-corrected chi connectivity index (χ3v) is 5.66. The largest absolute Gasteiger partial charge is 0.462 e. The molecule has 0 aromatic heterocycles. The molecule has 0 aliphatic carbocycles. The van der Waals surface area contributed by atoms with E-state index < -0.39 is 17.9 Å². The number of ether oxygens (including phenoxy) is 3. The van der Waals surface area contributed by atoms with E-state index in [4.69, 9.17) is 14.2 Å². The van der Waals surface area contributed by atoms with Crippen LogP contribution in [0, 0.1) is 0 Å². The third kappa shape index (κ3) is 10.4. The van der Waals surface area contributed by atoms with Crippen molar-refractivity contribution >= 4 is 65.7 Å². The summed E-state index contributed by atoms with van der Waals surface area (Å²) in [6.45, 7) is 0.765. The van der Waals surface area contributed by atoms with Gasteiger partial charge >= 0.3 is 17.9 Å². The molecule has 0 aliphatic rings. The summed E-state index contributed by atoms with van der Waals surface area (Å²) < 4.78 is 15.8. The fourth-order valence-corrected chi connectivity index (χ4v) is 3.53. The van der Waals surface area contributed by atoms with Crippen LogP contribution in [0.3, 0.4) is 0 Å². The highest BCUT2D eigenvalue weighted by Gasteiger charge is 2.22. The highest BCUT2D eigenvalue weighted by atomic mass is 79.9. The van der Waals surface area contributed by atoms with E-state index in [0.29, 0.717) is 12.8 Å². The minimum Gasteiger partial charge on any atom is -0.462 e. The quantitative estimate of drug-likeness (QED) is 0.109. The number of alkyl halides is 3. The van der Waals surface area contributed by atoms with Gasteiger partial charge in [-0.25, -0.2) is 14.4 Å². The van der Waals surface area contributed by atoms with Crippen molar-refractivity contribution in [3.05, 3.63) is 34.9 Å². The van der Waals surface area contributed by atoms with Crippen LogP contribution in [-0.4, -0.2) is 53.7 Å². The average molecular weight is 615 g/mol. The molecule has 0 bridgehead atoms. The number of benzene rings is 1. The maximum Gasteiger partial charge on any atom is 0.339 e. The number of hydrogen-bond acceptors (Lipinski definition) is 6. The smallest absolute Gasteiger partial charge is 0.339 e. The Morgan fingerprint density at radius 1 is 0.600 bits per heavy atom. The van der Waals surface area contributed by atoms with E-state index in [-0.39, 0.29) is 36.5 Å². The van der Waals surface area contributed by atoms with E-state index in [2.05, 4.69) is 47.8 Å². The molecule has 9 heteroatoms. The molecule has 0 N–H and O–H groups in total. The lowest BCUT2D eigenvalue weighted by atomic mass is 10.0. The summed E-state index contributed by atoms with van der Waals surface area (Å²) in [5, 5.41) is 2.47. The van der Waals surface area contributed by atoms with Crippen molar-refractivity contribution in [1.82, 2.24) is 0 Å². The van der Waals surface area contributed by atoms with Gasteiger partial charge in [-0.05, 0) is 56.7 Å². The molecule has 0 fully saturated rings. The highest BCUT2D eigenvalue weighted by Crippen LogP contribution is 2.17. The van der Waals surface area contributed by atoms with Gasteiger partial charge in [0.1, 0.15) is 0 Å². The molecule has 0 saturated heterocycles. The van der Waals surface area contributed by atoms with Gasteiger partial charge in [0.25, 0.3) is 0 Å². The Labute approximate surface area is 202 Å². The molecule has 0 saturated carbocycles. The van der Waals surface area contributed by atoms with Gasteiger partial charge in [-0.1, -0.05) is 47.8 Å². The third-order valence-electron chi connectivity index (χ3n) is 3.98. The van der Waals surface area contributed by atoms with E-state index in [9.17, 15) is 14.4 Å². The van der Waals surface area contributed by atoms with Gasteiger partial charge in [0.05, 0.1) is 36.5 Å². The number of esters is 3. The van der Waals surface area contributed by atoms with E-state index in [1.165, 1.54) is 18.2 Å². The molecule has 1 aromatic rings. The normalized spacial score (nSPS) is 10.5. The highest BCUT2D eigenvalue weighted by molar-refractivity contribution is 9.09. The Bertz CT molecular complexity index is 681. The van der Waals surface area contributed by atoms with Crippen molar-refractivity contribution in [2.45, 2.75) is 38.5 Å². The molecule has 0 radical (unpaired) electrons. The van der Waals surface area contributed by atoms with Crippen LogP contribution in [0.4, 0.5) is 0 Å². The molecule has 0 heterocycles.